The second kappa shape index (κ2) is 15.1. The Morgan fingerprint density at radius 1 is 0.900 bits per heavy atom. The van der Waals surface area contributed by atoms with Crippen LogP contribution < -0.4 is 20.0 Å². The third kappa shape index (κ3) is 7.44. The highest BCUT2D eigenvalue weighted by molar-refractivity contribution is 5.84. The van der Waals surface area contributed by atoms with Crippen molar-refractivity contribution in [1.29, 1.82) is 0 Å². The maximum atomic E-state index is 15.5. The second-order valence-electron chi connectivity index (χ2n) is 13.5. The van der Waals surface area contributed by atoms with Gasteiger partial charge in [0.25, 0.3) is 0 Å². The van der Waals surface area contributed by atoms with E-state index in [9.17, 15) is 4.79 Å². The van der Waals surface area contributed by atoms with E-state index in [0.29, 0.717) is 16.8 Å². The van der Waals surface area contributed by atoms with Gasteiger partial charge in [0, 0.05) is 99.3 Å². The Labute approximate surface area is 293 Å². The Hall–Kier alpha value is -4.61. The molecule has 2 saturated heterocycles. The van der Waals surface area contributed by atoms with Crippen molar-refractivity contribution in [1.82, 2.24) is 24.8 Å². The molecule has 10 nitrogen and oxygen atoms in total. The third-order valence-corrected chi connectivity index (χ3v) is 10.3. The molecule has 11 heteroatoms. The van der Waals surface area contributed by atoms with Crippen LogP contribution in [0.25, 0.3) is 34.0 Å². The standard InChI is InChI=1S/C39H48FN8O2/c1-4-46(5-2)34-14-10-30-23-31(39(49)50-38(30)25-34)11-13-33-12-9-29-24-35(40)37(26-36(29)43(33)3)47-21-19-45(20-22-47)27-32-28-48(42-41-32)18-8-17-44-15-6-7-16-44/h9-14,23-26,28H,4-8,15-22,27H2,1-3H3/q+1. The lowest BCUT2D eigenvalue weighted by molar-refractivity contribution is -0.646. The fourth-order valence-corrected chi connectivity index (χ4v) is 7.38. The van der Waals surface area contributed by atoms with Gasteiger partial charge in [0.05, 0.1) is 16.9 Å². The zero-order valence-corrected chi connectivity index (χ0v) is 29.5. The van der Waals surface area contributed by atoms with Crippen LogP contribution in [0.15, 0.2) is 63.9 Å². The maximum absolute atomic E-state index is 15.5. The molecule has 2 aliphatic heterocycles. The van der Waals surface area contributed by atoms with Gasteiger partial charge in [-0.3, -0.25) is 9.58 Å². The first-order chi connectivity index (χ1) is 24.4. The van der Waals surface area contributed by atoms with Crippen molar-refractivity contribution < 1.29 is 13.4 Å². The molecular weight excluding hydrogens is 631 g/mol. The Kier molecular flexibility index (Phi) is 10.2. The highest BCUT2D eigenvalue weighted by atomic mass is 19.1. The normalized spacial score (nSPS) is 16.0. The van der Waals surface area contributed by atoms with Crippen molar-refractivity contribution in [2.45, 2.75) is 46.2 Å². The Bertz CT molecular complexity index is 2040. The molecule has 3 aromatic heterocycles. The number of aromatic nitrogens is 4. The molecule has 5 heterocycles. The highest BCUT2D eigenvalue weighted by Crippen LogP contribution is 2.27. The van der Waals surface area contributed by atoms with Crippen LogP contribution in [-0.2, 0) is 20.1 Å². The summed E-state index contributed by atoms with van der Waals surface area (Å²) in [6.07, 6.45) is 9.50. The quantitative estimate of drug-likeness (QED) is 0.130. The Morgan fingerprint density at radius 2 is 1.68 bits per heavy atom. The minimum absolute atomic E-state index is 0.218. The summed E-state index contributed by atoms with van der Waals surface area (Å²) in [5.41, 5.74) is 5.11. The maximum Gasteiger partial charge on any atom is 0.343 e. The number of pyridine rings is 1. The minimum atomic E-state index is -0.380. The number of nitrogens with zero attached hydrogens (tertiary/aromatic N) is 8. The van der Waals surface area contributed by atoms with Gasteiger partial charge >= 0.3 is 5.63 Å². The molecular formula is C39H48FN8O2+. The van der Waals surface area contributed by atoms with Gasteiger partial charge in [-0.05, 0) is 89.2 Å². The van der Waals surface area contributed by atoms with Crippen LogP contribution >= 0.6 is 0 Å². The predicted octanol–water partition coefficient (Wildman–Crippen LogP) is 5.33. The largest absolute Gasteiger partial charge is 0.422 e. The molecule has 2 aromatic carbocycles. The SMILES string of the molecule is CCN(CC)c1ccc2cc(/C=C/c3ccc4cc(F)c(N5CCN(Cc6cn(CCCN7CCCC7)nn6)CC5)cc4[n+]3C)c(=O)oc2c1. The third-order valence-electron chi connectivity index (χ3n) is 10.3. The molecule has 0 radical (unpaired) electrons. The molecule has 50 heavy (non-hydrogen) atoms. The summed E-state index contributed by atoms with van der Waals surface area (Å²) >= 11 is 0. The molecule has 7 rings (SSSR count). The van der Waals surface area contributed by atoms with Crippen LogP contribution in [0.2, 0.25) is 0 Å². The lowest BCUT2D eigenvalue weighted by Gasteiger charge is -2.35. The first-order valence-corrected chi connectivity index (χ1v) is 18.1. The molecule has 0 spiro atoms. The van der Waals surface area contributed by atoms with Crippen molar-refractivity contribution in [3.8, 4) is 0 Å². The summed E-state index contributed by atoms with van der Waals surface area (Å²) in [6.45, 7) is 14.3. The van der Waals surface area contributed by atoms with Gasteiger partial charge in [-0.1, -0.05) is 5.21 Å². The van der Waals surface area contributed by atoms with Crippen LogP contribution in [0, 0.1) is 5.82 Å². The van der Waals surface area contributed by atoms with Gasteiger partial charge in [0.1, 0.15) is 18.4 Å². The molecule has 0 amide bonds. The molecule has 2 aliphatic rings. The number of halogens is 1. The molecule has 0 atom stereocenters. The summed E-state index contributed by atoms with van der Waals surface area (Å²) in [6, 6.07) is 15.3. The first kappa shape index (κ1) is 33.9. The van der Waals surface area contributed by atoms with Crippen molar-refractivity contribution >= 4 is 45.4 Å². The summed E-state index contributed by atoms with van der Waals surface area (Å²) < 4.78 is 25.2. The number of aryl methyl sites for hydroxylation is 2. The van der Waals surface area contributed by atoms with Gasteiger partial charge in [-0.2, -0.15) is 4.57 Å². The van der Waals surface area contributed by atoms with Crippen LogP contribution in [0.5, 0.6) is 0 Å². The number of hydrogen-bond acceptors (Lipinski definition) is 8. The smallest absolute Gasteiger partial charge is 0.343 e. The lowest BCUT2D eigenvalue weighted by atomic mass is 10.1. The predicted molar refractivity (Wildman–Crippen MR) is 198 cm³/mol. The van der Waals surface area contributed by atoms with Gasteiger partial charge in [-0.25, -0.2) is 9.18 Å². The molecule has 5 aromatic rings. The van der Waals surface area contributed by atoms with Crippen LogP contribution in [0.3, 0.4) is 0 Å². The molecule has 2 fully saturated rings. The molecule has 0 bridgehead atoms. The van der Waals surface area contributed by atoms with E-state index in [-0.39, 0.29) is 11.4 Å². The Balaban J connectivity index is 1.01. The second-order valence-corrected chi connectivity index (χ2v) is 13.5. The summed E-state index contributed by atoms with van der Waals surface area (Å²) in [5.74, 6) is -0.218. The molecule has 0 aliphatic carbocycles. The molecule has 262 valence electrons. The van der Waals surface area contributed by atoms with Crippen LogP contribution in [-0.4, -0.2) is 83.7 Å². The van der Waals surface area contributed by atoms with E-state index in [1.807, 2.05) is 58.8 Å². The van der Waals surface area contributed by atoms with Crippen molar-refractivity contribution in [2.75, 3.05) is 68.7 Å². The van der Waals surface area contributed by atoms with E-state index in [4.69, 9.17) is 4.42 Å². The monoisotopic (exact) mass is 679 g/mol. The number of rotatable bonds is 12. The van der Waals surface area contributed by atoms with E-state index in [1.54, 1.807) is 12.1 Å². The number of likely N-dealkylation sites (tertiary alicyclic amines) is 1. The van der Waals surface area contributed by atoms with E-state index >= 15 is 4.39 Å². The molecule has 0 N–H and O–H groups in total. The van der Waals surface area contributed by atoms with Gasteiger partial charge in [-0.15, -0.1) is 5.10 Å². The number of fused-ring (bicyclic) bond motifs is 2. The molecule has 0 saturated carbocycles. The van der Waals surface area contributed by atoms with Gasteiger partial charge in [0.15, 0.2) is 0 Å². The highest BCUT2D eigenvalue weighted by Gasteiger charge is 2.23. The number of hydrogen-bond donors (Lipinski definition) is 0. The van der Waals surface area contributed by atoms with E-state index in [0.717, 1.165) is 98.7 Å². The van der Waals surface area contributed by atoms with E-state index in [1.165, 1.54) is 25.9 Å². The summed E-state index contributed by atoms with van der Waals surface area (Å²) in [7, 11) is 1.97. The lowest BCUT2D eigenvalue weighted by Crippen LogP contribution is -2.46. The van der Waals surface area contributed by atoms with E-state index in [2.05, 4.69) is 56.0 Å². The topological polar surface area (TPSA) is 77.8 Å². The number of anilines is 2. The number of benzene rings is 2. The zero-order valence-electron chi connectivity index (χ0n) is 29.5. The fraction of sp³-hybridized carbons (Fsp3) is 0.436. The molecule has 0 unspecified atom stereocenters. The summed E-state index contributed by atoms with van der Waals surface area (Å²) in [5, 5.41) is 10.5. The van der Waals surface area contributed by atoms with Gasteiger partial charge in [0.2, 0.25) is 11.2 Å². The van der Waals surface area contributed by atoms with E-state index < -0.39 is 0 Å². The average molecular weight is 680 g/mol. The van der Waals surface area contributed by atoms with Crippen molar-refractivity contribution in [3.05, 3.63) is 87.9 Å². The summed E-state index contributed by atoms with van der Waals surface area (Å²) in [4.78, 5) is 22.2. The number of piperazine rings is 1. The van der Waals surface area contributed by atoms with Crippen LogP contribution in [0.4, 0.5) is 15.8 Å². The van der Waals surface area contributed by atoms with Gasteiger partial charge < -0.3 is 19.1 Å². The first-order valence-electron chi connectivity index (χ1n) is 18.1. The minimum Gasteiger partial charge on any atom is -0.422 e. The Morgan fingerprint density at radius 3 is 2.46 bits per heavy atom. The van der Waals surface area contributed by atoms with Crippen molar-refractivity contribution in [2.24, 2.45) is 7.05 Å². The zero-order chi connectivity index (χ0) is 34.6. The van der Waals surface area contributed by atoms with Crippen molar-refractivity contribution in [3.63, 3.8) is 0 Å². The average Bonchev–Trinajstić information content (AvgIpc) is 3.81. The van der Waals surface area contributed by atoms with Crippen LogP contribution in [0.1, 0.15) is 50.1 Å². The fourth-order valence-electron chi connectivity index (χ4n) is 7.38.